The van der Waals surface area contributed by atoms with Crippen molar-refractivity contribution in [3.8, 4) is 0 Å². The molecule has 0 bridgehead atoms. The summed E-state index contributed by atoms with van der Waals surface area (Å²) < 4.78 is 6.91. The molecule has 0 unspecified atom stereocenters. The Morgan fingerprint density at radius 2 is 2.40 bits per heavy atom. The zero-order valence-electron chi connectivity index (χ0n) is 11.1. The van der Waals surface area contributed by atoms with E-state index in [0.29, 0.717) is 25.3 Å². The second-order valence-corrected chi connectivity index (χ2v) is 4.90. The molecule has 1 saturated carbocycles. The fraction of sp³-hybridized carbons (Fsp3) is 0.462. The molecular weight excluding hydrogens is 258 g/mol. The highest BCUT2D eigenvalue weighted by molar-refractivity contribution is 5.92. The molecule has 1 aliphatic carbocycles. The van der Waals surface area contributed by atoms with E-state index in [2.05, 4.69) is 10.3 Å². The molecule has 2 aromatic heterocycles. The van der Waals surface area contributed by atoms with Crippen molar-refractivity contribution in [3.63, 3.8) is 0 Å². The summed E-state index contributed by atoms with van der Waals surface area (Å²) in [6, 6.07) is 3.98. The molecule has 0 aliphatic heterocycles. The third-order valence-electron chi connectivity index (χ3n) is 3.27. The van der Waals surface area contributed by atoms with Gasteiger partial charge in [0.25, 0.3) is 5.91 Å². The molecule has 2 heterocycles. The number of nitrogens with two attached hydrogens (primary N) is 1. The lowest BCUT2D eigenvalue weighted by molar-refractivity contribution is 0.0711. The molecule has 106 valence electrons. The normalized spacial score (nSPS) is 14.4. The first-order chi connectivity index (χ1) is 9.78. The van der Waals surface area contributed by atoms with Crippen LogP contribution in [0.25, 0.3) is 0 Å². The van der Waals surface area contributed by atoms with Gasteiger partial charge in [-0.25, -0.2) is 0 Å². The maximum absolute atomic E-state index is 12.5. The van der Waals surface area contributed by atoms with Crippen molar-refractivity contribution in [3.05, 3.63) is 36.0 Å². The van der Waals surface area contributed by atoms with Crippen LogP contribution < -0.4 is 5.73 Å². The minimum atomic E-state index is -0.104. The number of carbonyl (C=O) groups excluding carboxylic acids is 1. The van der Waals surface area contributed by atoms with Crippen LogP contribution in [0.1, 0.15) is 29.1 Å². The quantitative estimate of drug-likeness (QED) is 0.835. The van der Waals surface area contributed by atoms with Crippen molar-refractivity contribution in [2.45, 2.75) is 32.0 Å². The van der Waals surface area contributed by atoms with E-state index in [1.807, 2.05) is 12.1 Å². The standard InChI is InChI=1S/C13H17N5O2/c14-5-6-17-9-12(15-16-17)13(19)18(10-3-4-10)8-11-2-1-7-20-11/h1-2,7,9-10H,3-6,8,14H2. The molecule has 20 heavy (non-hydrogen) atoms. The number of furan rings is 1. The lowest BCUT2D eigenvalue weighted by Crippen LogP contribution is -2.32. The van der Waals surface area contributed by atoms with Crippen LogP contribution in [0.3, 0.4) is 0 Å². The van der Waals surface area contributed by atoms with E-state index in [1.54, 1.807) is 22.0 Å². The molecule has 1 fully saturated rings. The molecule has 7 heteroatoms. The number of carbonyl (C=O) groups is 1. The van der Waals surface area contributed by atoms with Crippen molar-refractivity contribution in [1.29, 1.82) is 0 Å². The zero-order chi connectivity index (χ0) is 13.9. The van der Waals surface area contributed by atoms with Crippen molar-refractivity contribution in [1.82, 2.24) is 19.9 Å². The van der Waals surface area contributed by atoms with Crippen molar-refractivity contribution in [2.24, 2.45) is 5.73 Å². The predicted octanol–water partition coefficient (Wildman–Crippen LogP) is 0.635. The molecule has 0 spiro atoms. The molecule has 2 N–H and O–H groups in total. The average molecular weight is 275 g/mol. The van der Waals surface area contributed by atoms with E-state index in [4.69, 9.17) is 10.2 Å². The Balaban J connectivity index is 1.74. The Kier molecular flexibility index (Phi) is 3.51. The number of hydrogen-bond acceptors (Lipinski definition) is 5. The van der Waals surface area contributed by atoms with Crippen molar-refractivity contribution in [2.75, 3.05) is 6.54 Å². The van der Waals surface area contributed by atoms with Crippen LogP contribution in [-0.4, -0.2) is 38.4 Å². The van der Waals surface area contributed by atoms with Gasteiger partial charge in [0.2, 0.25) is 0 Å². The molecule has 2 aromatic rings. The van der Waals surface area contributed by atoms with Crippen molar-refractivity contribution < 1.29 is 9.21 Å². The van der Waals surface area contributed by atoms with E-state index >= 15 is 0 Å². The predicted molar refractivity (Wildman–Crippen MR) is 70.7 cm³/mol. The summed E-state index contributed by atoms with van der Waals surface area (Å²) in [5, 5.41) is 7.83. The summed E-state index contributed by atoms with van der Waals surface area (Å²) in [6.07, 6.45) is 5.32. The molecule has 1 aliphatic rings. The number of aromatic nitrogens is 3. The molecular formula is C13H17N5O2. The highest BCUT2D eigenvalue weighted by Crippen LogP contribution is 2.29. The first-order valence-electron chi connectivity index (χ1n) is 6.71. The van der Waals surface area contributed by atoms with Crippen molar-refractivity contribution >= 4 is 5.91 Å². The van der Waals surface area contributed by atoms with Crippen LogP contribution >= 0.6 is 0 Å². The Bertz CT molecular complexity index is 573. The molecule has 1 amide bonds. The Morgan fingerprint density at radius 1 is 1.55 bits per heavy atom. The summed E-state index contributed by atoms with van der Waals surface area (Å²) in [6.45, 7) is 1.50. The Labute approximate surface area is 116 Å². The van der Waals surface area contributed by atoms with Gasteiger partial charge in [-0.2, -0.15) is 0 Å². The maximum Gasteiger partial charge on any atom is 0.276 e. The summed E-state index contributed by atoms with van der Waals surface area (Å²) in [5.41, 5.74) is 5.82. The second kappa shape index (κ2) is 5.46. The zero-order valence-corrected chi connectivity index (χ0v) is 11.1. The monoisotopic (exact) mass is 275 g/mol. The van der Waals surface area contributed by atoms with Gasteiger partial charge in [-0.3, -0.25) is 9.48 Å². The first kappa shape index (κ1) is 12.9. The summed E-state index contributed by atoms with van der Waals surface area (Å²) in [5.74, 6) is 0.673. The Morgan fingerprint density at radius 3 is 3.05 bits per heavy atom. The number of nitrogens with zero attached hydrogens (tertiary/aromatic N) is 4. The highest BCUT2D eigenvalue weighted by Gasteiger charge is 2.34. The lowest BCUT2D eigenvalue weighted by atomic mass is 10.3. The van der Waals surface area contributed by atoms with Gasteiger partial charge in [0.05, 0.1) is 25.5 Å². The molecule has 3 rings (SSSR count). The SMILES string of the molecule is NCCn1cc(C(=O)N(Cc2ccco2)C2CC2)nn1. The highest BCUT2D eigenvalue weighted by atomic mass is 16.3. The number of rotatable bonds is 6. The molecule has 0 atom stereocenters. The topological polar surface area (TPSA) is 90.2 Å². The minimum Gasteiger partial charge on any atom is -0.467 e. The van der Waals surface area contributed by atoms with Gasteiger partial charge in [0.1, 0.15) is 5.76 Å². The number of hydrogen-bond donors (Lipinski definition) is 1. The summed E-state index contributed by atoms with van der Waals surface area (Å²) in [7, 11) is 0. The molecule has 0 aromatic carbocycles. The minimum absolute atomic E-state index is 0.104. The van der Waals surface area contributed by atoms with Crippen LogP contribution in [0.5, 0.6) is 0 Å². The molecule has 0 radical (unpaired) electrons. The van der Waals surface area contributed by atoms with Crippen LogP contribution in [0.4, 0.5) is 0 Å². The van der Waals surface area contributed by atoms with Crippen LogP contribution in [-0.2, 0) is 13.1 Å². The fourth-order valence-electron chi connectivity index (χ4n) is 2.11. The third-order valence-corrected chi connectivity index (χ3v) is 3.27. The van der Waals surface area contributed by atoms with E-state index in [1.165, 1.54) is 0 Å². The van der Waals surface area contributed by atoms with Gasteiger partial charge in [0, 0.05) is 12.6 Å². The maximum atomic E-state index is 12.5. The van der Waals surface area contributed by atoms with E-state index in [0.717, 1.165) is 18.6 Å². The first-order valence-corrected chi connectivity index (χ1v) is 6.71. The van der Waals surface area contributed by atoms with Crippen LogP contribution in [0.2, 0.25) is 0 Å². The third kappa shape index (κ3) is 2.72. The van der Waals surface area contributed by atoms with Gasteiger partial charge >= 0.3 is 0 Å². The second-order valence-electron chi connectivity index (χ2n) is 4.90. The van der Waals surface area contributed by atoms with E-state index < -0.39 is 0 Å². The van der Waals surface area contributed by atoms with Gasteiger partial charge in [-0.05, 0) is 25.0 Å². The van der Waals surface area contributed by atoms with Gasteiger partial charge in [0.15, 0.2) is 5.69 Å². The van der Waals surface area contributed by atoms with E-state index in [9.17, 15) is 4.79 Å². The van der Waals surface area contributed by atoms with Crippen LogP contribution in [0.15, 0.2) is 29.0 Å². The van der Waals surface area contributed by atoms with Gasteiger partial charge < -0.3 is 15.1 Å². The van der Waals surface area contributed by atoms with Gasteiger partial charge in [-0.1, -0.05) is 5.21 Å². The molecule has 0 saturated heterocycles. The van der Waals surface area contributed by atoms with Crippen LogP contribution in [0, 0.1) is 0 Å². The largest absolute Gasteiger partial charge is 0.467 e. The number of amides is 1. The molecule has 7 nitrogen and oxygen atoms in total. The lowest BCUT2D eigenvalue weighted by Gasteiger charge is -2.19. The Hall–Kier alpha value is -2.15. The summed E-state index contributed by atoms with van der Waals surface area (Å²) >= 11 is 0. The average Bonchev–Trinajstić information content (AvgIpc) is 2.97. The smallest absolute Gasteiger partial charge is 0.276 e. The fourth-order valence-corrected chi connectivity index (χ4v) is 2.11. The van der Waals surface area contributed by atoms with E-state index in [-0.39, 0.29) is 11.9 Å². The van der Waals surface area contributed by atoms with Gasteiger partial charge in [-0.15, -0.1) is 5.10 Å². The summed E-state index contributed by atoms with van der Waals surface area (Å²) in [4.78, 5) is 14.3.